The van der Waals surface area contributed by atoms with Crippen LogP contribution in [-0.4, -0.2) is 16.9 Å². The summed E-state index contributed by atoms with van der Waals surface area (Å²) in [7, 11) is 0. The fourth-order valence-corrected chi connectivity index (χ4v) is 1.16. The molecule has 0 saturated carbocycles. The Morgan fingerprint density at radius 3 is 2.71 bits per heavy atom. The van der Waals surface area contributed by atoms with E-state index in [1.807, 2.05) is 0 Å². The van der Waals surface area contributed by atoms with E-state index < -0.39 is 5.97 Å². The SMILES string of the molecule is CCOC(=O)/C(Cl)=C(\C)NSC(N)=S. The minimum Gasteiger partial charge on any atom is -0.462 e. The van der Waals surface area contributed by atoms with Crippen LogP contribution in [0, 0.1) is 0 Å². The summed E-state index contributed by atoms with van der Waals surface area (Å²) in [5, 5.41) is -0.00407. The number of ether oxygens (including phenoxy) is 1. The Bertz CT molecular complexity index is 268. The van der Waals surface area contributed by atoms with Crippen LogP contribution in [0.25, 0.3) is 0 Å². The molecule has 0 aliphatic rings. The standard InChI is InChI=1S/C7H11ClN2O2S2/c1-3-12-6(11)5(8)4(2)10-14-7(9)13/h10H,3H2,1-2H3,(H2,9,13)/b5-4-. The highest BCUT2D eigenvalue weighted by Crippen LogP contribution is 2.11. The second-order valence-corrected chi connectivity index (χ2v) is 4.11. The fraction of sp³-hybridized carbons (Fsp3) is 0.429. The number of nitrogens with two attached hydrogens (primary N) is 1. The van der Waals surface area contributed by atoms with Crippen molar-refractivity contribution in [2.45, 2.75) is 13.8 Å². The first-order valence-corrected chi connectivity index (χ1v) is 5.35. The fourth-order valence-electron chi connectivity index (χ4n) is 0.519. The van der Waals surface area contributed by atoms with E-state index >= 15 is 0 Å². The molecule has 0 aromatic heterocycles. The molecule has 0 fully saturated rings. The van der Waals surface area contributed by atoms with E-state index in [0.29, 0.717) is 5.70 Å². The number of hydrogen-bond donors (Lipinski definition) is 2. The molecule has 0 aromatic carbocycles. The summed E-state index contributed by atoms with van der Waals surface area (Å²) in [6, 6.07) is 0. The number of carbonyl (C=O) groups excluding carboxylic acids is 1. The monoisotopic (exact) mass is 254 g/mol. The lowest BCUT2D eigenvalue weighted by Gasteiger charge is -2.06. The highest BCUT2D eigenvalue weighted by Gasteiger charge is 2.11. The molecule has 0 aliphatic carbocycles. The van der Waals surface area contributed by atoms with E-state index in [2.05, 4.69) is 21.7 Å². The van der Waals surface area contributed by atoms with Crippen LogP contribution in [0.5, 0.6) is 0 Å². The minimum atomic E-state index is -0.567. The average Bonchev–Trinajstić information content (AvgIpc) is 2.13. The van der Waals surface area contributed by atoms with Crippen molar-refractivity contribution in [1.29, 1.82) is 0 Å². The van der Waals surface area contributed by atoms with Crippen LogP contribution < -0.4 is 10.5 Å². The molecule has 7 heteroatoms. The lowest BCUT2D eigenvalue weighted by atomic mass is 10.4. The van der Waals surface area contributed by atoms with Crippen molar-refractivity contribution >= 4 is 46.1 Å². The van der Waals surface area contributed by atoms with Crippen LogP contribution in [0.4, 0.5) is 0 Å². The van der Waals surface area contributed by atoms with Gasteiger partial charge in [0, 0.05) is 17.6 Å². The predicted molar refractivity (Wildman–Crippen MR) is 62.7 cm³/mol. The zero-order valence-electron chi connectivity index (χ0n) is 7.80. The van der Waals surface area contributed by atoms with Gasteiger partial charge in [-0.15, -0.1) is 0 Å². The van der Waals surface area contributed by atoms with Gasteiger partial charge in [0.15, 0.2) is 4.32 Å². The Kier molecular flexibility index (Phi) is 6.69. The van der Waals surface area contributed by atoms with Gasteiger partial charge in [0.25, 0.3) is 0 Å². The van der Waals surface area contributed by atoms with Crippen LogP contribution in [0.15, 0.2) is 10.7 Å². The number of thiocarbonyl (C=S) groups is 1. The predicted octanol–water partition coefficient (Wildman–Crippen LogP) is 1.50. The third-order valence-electron chi connectivity index (χ3n) is 1.09. The molecular formula is C7H11ClN2O2S2. The number of esters is 1. The van der Waals surface area contributed by atoms with Crippen molar-refractivity contribution in [3.05, 3.63) is 10.7 Å². The van der Waals surface area contributed by atoms with Gasteiger partial charge in [-0.1, -0.05) is 23.8 Å². The van der Waals surface area contributed by atoms with Crippen molar-refractivity contribution in [2.75, 3.05) is 6.61 Å². The summed E-state index contributed by atoms with van der Waals surface area (Å²) in [5.41, 5.74) is 5.69. The van der Waals surface area contributed by atoms with Crippen LogP contribution in [0.2, 0.25) is 0 Å². The maximum absolute atomic E-state index is 11.1. The lowest BCUT2D eigenvalue weighted by molar-refractivity contribution is -0.137. The molecule has 0 aliphatic heterocycles. The molecule has 0 saturated heterocycles. The number of carbonyl (C=O) groups is 1. The molecule has 0 rings (SSSR count). The quantitative estimate of drug-likeness (QED) is 0.343. The molecule has 0 aromatic rings. The summed E-state index contributed by atoms with van der Waals surface area (Å²) < 4.78 is 7.63. The van der Waals surface area contributed by atoms with Crippen LogP contribution in [0.3, 0.4) is 0 Å². The average molecular weight is 255 g/mol. The number of allylic oxidation sites excluding steroid dienone is 1. The smallest absolute Gasteiger partial charge is 0.351 e. The summed E-state index contributed by atoms with van der Waals surface area (Å²) in [6.07, 6.45) is 0. The van der Waals surface area contributed by atoms with Gasteiger partial charge in [0.1, 0.15) is 5.03 Å². The third kappa shape index (κ3) is 5.31. The van der Waals surface area contributed by atoms with Crippen LogP contribution in [-0.2, 0) is 9.53 Å². The Labute approximate surface area is 97.3 Å². The zero-order chi connectivity index (χ0) is 11.1. The van der Waals surface area contributed by atoms with Gasteiger partial charge >= 0.3 is 5.97 Å². The molecule has 0 heterocycles. The second kappa shape index (κ2) is 6.92. The topological polar surface area (TPSA) is 64.3 Å². The first-order valence-electron chi connectivity index (χ1n) is 3.74. The van der Waals surface area contributed by atoms with Crippen molar-refractivity contribution in [3.8, 4) is 0 Å². The summed E-state index contributed by atoms with van der Waals surface area (Å²) in [4.78, 5) is 11.1. The molecule has 0 amide bonds. The molecule has 80 valence electrons. The normalized spacial score (nSPS) is 11.6. The maximum atomic E-state index is 11.1. The van der Waals surface area contributed by atoms with E-state index in [9.17, 15) is 4.79 Å². The number of nitrogens with one attached hydrogen (secondary N) is 1. The van der Waals surface area contributed by atoms with Gasteiger partial charge in [0.05, 0.1) is 6.61 Å². The van der Waals surface area contributed by atoms with E-state index in [1.165, 1.54) is 0 Å². The lowest BCUT2D eigenvalue weighted by Crippen LogP contribution is -2.14. The van der Waals surface area contributed by atoms with Crippen LogP contribution in [0.1, 0.15) is 13.8 Å². The Morgan fingerprint density at radius 2 is 2.29 bits per heavy atom. The second-order valence-electron chi connectivity index (χ2n) is 2.18. The van der Waals surface area contributed by atoms with Gasteiger partial charge in [-0.25, -0.2) is 4.79 Å². The Morgan fingerprint density at radius 1 is 1.71 bits per heavy atom. The minimum absolute atomic E-state index is 0.00407. The Balaban J connectivity index is 4.27. The van der Waals surface area contributed by atoms with Gasteiger partial charge in [-0.05, 0) is 13.8 Å². The molecule has 4 nitrogen and oxygen atoms in total. The Hall–Kier alpha value is -0.460. The third-order valence-corrected chi connectivity index (χ3v) is 2.39. The summed E-state index contributed by atoms with van der Waals surface area (Å²) in [6.45, 7) is 3.61. The first-order chi connectivity index (χ1) is 6.49. The largest absolute Gasteiger partial charge is 0.462 e. The molecular weight excluding hydrogens is 244 g/mol. The van der Waals surface area contributed by atoms with Crippen LogP contribution >= 0.6 is 35.8 Å². The number of rotatable bonds is 4. The molecule has 14 heavy (non-hydrogen) atoms. The summed E-state index contributed by atoms with van der Waals surface area (Å²) in [5.74, 6) is -0.567. The van der Waals surface area contributed by atoms with Gasteiger partial charge in [-0.2, -0.15) is 0 Å². The highest BCUT2D eigenvalue weighted by atomic mass is 35.5. The molecule has 0 atom stereocenters. The van der Waals surface area contributed by atoms with Gasteiger partial charge in [0.2, 0.25) is 0 Å². The van der Waals surface area contributed by atoms with Crippen molar-refractivity contribution in [1.82, 2.24) is 4.72 Å². The van der Waals surface area contributed by atoms with E-state index in [1.54, 1.807) is 13.8 Å². The molecule has 0 spiro atoms. The van der Waals surface area contributed by atoms with Crippen molar-refractivity contribution in [2.24, 2.45) is 5.73 Å². The van der Waals surface area contributed by atoms with Crippen molar-refractivity contribution in [3.63, 3.8) is 0 Å². The van der Waals surface area contributed by atoms with Gasteiger partial charge < -0.3 is 15.2 Å². The van der Waals surface area contributed by atoms with Gasteiger partial charge in [-0.3, -0.25) is 0 Å². The van der Waals surface area contributed by atoms with E-state index in [4.69, 9.17) is 17.3 Å². The maximum Gasteiger partial charge on any atom is 0.351 e. The highest BCUT2D eigenvalue weighted by molar-refractivity contribution is 8.21. The zero-order valence-corrected chi connectivity index (χ0v) is 10.2. The van der Waals surface area contributed by atoms with E-state index in [0.717, 1.165) is 11.9 Å². The number of hydrogen-bond acceptors (Lipinski definition) is 5. The van der Waals surface area contributed by atoms with Crippen molar-refractivity contribution < 1.29 is 9.53 Å². The molecule has 0 radical (unpaired) electrons. The summed E-state index contributed by atoms with van der Waals surface area (Å²) >= 11 is 11.3. The number of halogens is 1. The molecule has 3 N–H and O–H groups in total. The first kappa shape index (κ1) is 13.5. The molecule has 0 bridgehead atoms. The van der Waals surface area contributed by atoms with E-state index in [-0.39, 0.29) is 16.0 Å². The molecule has 0 unspecified atom stereocenters.